The fourth-order valence-electron chi connectivity index (χ4n) is 1.48. The third kappa shape index (κ3) is 5.62. The smallest absolute Gasteiger partial charge is 0.252 e. The van der Waals surface area contributed by atoms with Crippen molar-refractivity contribution < 1.29 is 9.47 Å². The van der Waals surface area contributed by atoms with Crippen molar-refractivity contribution in [1.29, 1.82) is 0 Å². The molecule has 0 atom stereocenters. The lowest BCUT2D eigenvalue weighted by Gasteiger charge is -2.16. The normalized spacial score (nSPS) is 11.8. The number of aromatic nitrogens is 1. The van der Waals surface area contributed by atoms with Crippen molar-refractivity contribution in [2.75, 3.05) is 13.7 Å². The van der Waals surface area contributed by atoms with Gasteiger partial charge in [-0.15, -0.1) is 0 Å². The molecule has 0 spiro atoms. The molecular weight excluding hydrogens is 246 g/mol. The van der Waals surface area contributed by atoms with Gasteiger partial charge in [0, 0.05) is 34.1 Å². The zero-order valence-corrected chi connectivity index (χ0v) is 12.7. The molecule has 0 unspecified atom stereocenters. The van der Waals surface area contributed by atoms with Gasteiger partial charge in [-0.1, -0.05) is 19.6 Å². The van der Waals surface area contributed by atoms with Gasteiger partial charge in [0.05, 0.1) is 6.61 Å². The Kier molecular flexibility index (Phi) is 5.78. The van der Waals surface area contributed by atoms with Crippen molar-refractivity contribution in [2.45, 2.75) is 39.0 Å². The summed E-state index contributed by atoms with van der Waals surface area (Å²) in [5, 5.41) is 0. The largest absolute Gasteiger partial charge is 0.380 e. The lowest BCUT2D eigenvalue weighted by atomic mass is 10.3. The molecule has 0 fully saturated rings. The summed E-state index contributed by atoms with van der Waals surface area (Å²) in [6.45, 7) is 8.47. The Morgan fingerprint density at radius 3 is 2.61 bits per heavy atom. The highest BCUT2D eigenvalue weighted by Crippen LogP contribution is 2.07. The van der Waals surface area contributed by atoms with E-state index in [1.807, 2.05) is 0 Å². The molecule has 0 aromatic carbocycles. The highest BCUT2D eigenvalue weighted by Gasteiger charge is 2.12. The van der Waals surface area contributed by atoms with Gasteiger partial charge in [-0.3, -0.25) is 9.36 Å². The molecule has 1 heterocycles. The molecule has 0 saturated heterocycles. The first kappa shape index (κ1) is 15.1. The van der Waals surface area contributed by atoms with Crippen LogP contribution >= 0.6 is 0 Å². The van der Waals surface area contributed by atoms with E-state index < -0.39 is 8.07 Å². The first-order valence-corrected chi connectivity index (χ1v) is 9.89. The molecule has 1 aromatic heterocycles. The van der Waals surface area contributed by atoms with Gasteiger partial charge in [0.15, 0.2) is 0 Å². The fraction of sp³-hybridized carbons (Fsp3) is 0.615. The quantitative estimate of drug-likeness (QED) is 0.563. The van der Waals surface area contributed by atoms with Gasteiger partial charge < -0.3 is 9.47 Å². The van der Waals surface area contributed by atoms with Gasteiger partial charge in [0.25, 0.3) is 5.56 Å². The predicted molar refractivity (Wildman–Crippen MR) is 75.5 cm³/mol. The average molecular weight is 269 g/mol. The maximum absolute atomic E-state index is 11.6. The van der Waals surface area contributed by atoms with E-state index in [-0.39, 0.29) is 5.56 Å². The van der Waals surface area contributed by atoms with Gasteiger partial charge in [-0.05, 0) is 17.7 Å². The minimum Gasteiger partial charge on any atom is -0.380 e. The maximum atomic E-state index is 11.6. The summed E-state index contributed by atoms with van der Waals surface area (Å²) in [5.74, 6) is 0. The van der Waals surface area contributed by atoms with Crippen molar-refractivity contribution in [1.82, 2.24) is 4.57 Å². The van der Waals surface area contributed by atoms with Gasteiger partial charge in [-0.2, -0.15) is 0 Å². The van der Waals surface area contributed by atoms with Crippen molar-refractivity contribution in [3.63, 3.8) is 0 Å². The molecule has 102 valence electrons. The number of hydrogen-bond acceptors (Lipinski definition) is 3. The maximum Gasteiger partial charge on any atom is 0.252 e. The van der Waals surface area contributed by atoms with Crippen LogP contribution in [-0.2, 0) is 22.8 Å². The average Bonchev–Trinajstić information content (AvgIpc) is 2.27. The van der Waals surface area contributed by atoms with Crippen molar-refractivity contribution in [3.05, 3.63) is 34.2 Å². The van der Waals surface area contributed by atoms with Crippen LogP contribution in [0, 0.1) is 0 Å². The van der Waals surface area contributed by atoms with Crippen LogP contribution in [0.4, 0.5) is 0 Å². The summed E-state index contributed by atoms with van der Waals surface area (Å²) in [6.07, 6.45) is 1.79. The van der Waals surface area contributed by atoms with Crippen LogP contribution in [-0.4, -0.2) is 26.4 Å². The van der Waals surface area contributed by atoms with Crippen LogP contribution in [0.1, 0.15) is 5.56 Å². The Hall–Kier alpha value is -0.913. The summed E-state index contributed by atoms with van der Waals surface area (Å²) in [4.78, 5) is 11.6. The molecule has 0 bridgehead atoms. The monoisotopic (exact) mass is 269 g/mol. The minimum absolute atomic E-state index is 0.0390. The molecule has 0 aliphatic carbocycles. The third-order valence-electron chi connectivity index (χ3n) is 2.58. The fourth-order valence-corrected chi connectivity index (χ4v) is 2.23. The Bertz CT molecular complexity index is 423. The second-order valence-electron chi connectivity index (χ2n) is 5.63. The Morgan fingerprint density at radius 2 is 2.00 bits per heavy atom. The molecule has 4 nitrogen and oxygen atoms in total. The van der Waals surface area contributed by atoms with Gasteiger partial charge in [-0.25, -0.2) is 0 Å². The molecule has 0 aliphatic rings. The van der Waals surface area contributed by atoms with Gasteiger partial charge >= 0.3 is 0 Å². The van der Waals surface area contributed by atoms with E-state index in [9.17, 15) is 4.79 Å². The second kappa shape index (κ2) is 6.87. The molecule has 0 saturated carbocycles. The van der Waals surface area contributed by atoms with Gasteiger partial charge in [0.2, 0.25) is 0 Å². The number of methoxy groups -OCH3 is 1. The number of rotatable bonds is 7. The highest BCUT2D eigenvalue weighted by molar-refractivity contribution is 6.76. The Labute approximate surface area is 110 Å². The van der Waals surface area contributed by atoms with Crippen LogP contribution in [0.2, 0.25) is 25.7 Å². The molecule has 5 heteroatoms. The molecule has 0 N–H and O–H groups in total. The van der Waals surface area contributed by atoms with Crippen LogP contribution in [0.15, 0.2) is 23.1 Å². The number of pyridine rings is 1. The topological polar surface area (TPSA) is 40.5 Å². The molecule has 0 amide bonds. The molecule has 18 heavy (non-hydrogen) atoms. The van der Waals surface area contributed by atoms with Crippen molar-refractivity contribution in [2.24, 2.45) is 0 Å². The third-order valence-corrected chi connectivity index (χ3v) is 4.29. The van der Waals surface area contributed by atoms with Gasteiger partial charge in [0.1, 0.15) is 6.73 Å². The van der Waals surface area contributed by atoms with E-state index in [2.05, 4.69) is 19.6 Å². The molecule has 1 rings (SSSR count). The first-order valence-electron chi connectivity index (χ1n) is 6.18. The Morgan fingerprint density at radius 1 is 1.28 bits per heavy atom. The SMILES string of the molecule is COCc1ccc(=O)n(COCC[Si](C)(C)C)c1. The zero-order valence-electron chi connectivity index (χ0n) is 11.7. The summed E-state index contributed by atoms with van der Waals surface area (Å²) < 4.78 is 12.2. The molecule has 0 aliphatic heterocycles. The number of nitrogens with zero attached hydrogens (tertiary/aromatic N) is 1. The highest BCUT2D eigenvalue weighted by atomic mass is 28.3. The summed E-state index contributed by atoms with van der Waals surface area (Å²) in [7, 11) is 0.574. The summed E-state index contributed by atoms with van der Waals surface area (Å²) in [6, 6.07) is 4.44. The van der Waals surface area contributed by atoms with E-state index in [1.54, 1.807) is 30.0 Å². The van der Waals surface area contributed by atoms with Crippen molar-refractivity contribution in [3.8, 4) is 0 Å². The molecule has 1 aromatic rings. The first-order chi connectivity index (χ1) is 8.42. The van der Waals surface area contributed by atoms with Crippen LogP contribution in [0.3, 0.4) is 0 Å². The zero-order chi connectivity index (χ0) is 13.6. The second-order valence-corrected chi connectivity index (χ2v) is 11.2. The van der Waals surface area contributed by atoms with E-state index in [0.29, 0.717) is 13.3 Å². The van der Waals surface area contributed by atoms with E-state index in [1.165, 1.54) is 0 Å². The summed E-state index contributed by atoms with van der Waals surface area (Å²) in [5.41, 5.74) is 0.939. The van der Waals surface area contributed by atoms with E-state index >= 15 is 0 Å². The Balaban J connectivity index is 2.51. The standard InChI is InChI=1S/C13H23NO3Si/c1-16-10-12-5-6-13(15)14(9-12)11-17-7-8-18(2,3)4/h5-6,9H,7-8,10-11H2,1-4H3. The number of ether oxygens (including phenoxy) is 2. The number of hydrogen-bond donors (Lipinski definition) is 0. The minimum atomic E-state index is -1.06. The van der Waals surface area contributed by atoms with E-state index in [4.69, 9.17) is 9.47 Å². The summed E-state index contributed by atoms with van der Waals surface area (Å²) >= 11 is 0. The lowest BCUT2D eigenvalue weighted by molar-refractivity contribution is 0.0840. The van der Waals surface area contributed by atoms with Crippen LogP contribution in [0.5, 0.6) is 0 Å². The van der Waals surface area contributed by atoms with Crippen LogP contribution in [0.25, 0.3) is 0 Å². The molecule has 0 radical (unpaired) electrons. The van der Waals surface area contributed by atoms with Crippen molar-refractivity contribution >= 4 is 8.07 Å². The molecular formula is C13H23NO3Si. The van der Waals surface area contributed by atoms with Crippen LogP contribution < -0.4 is 5.56 Å². The van der Waals surface area contributed by atoms with E-state index in [0.717, 1.165) is 18.2 Å². The predicted octanol–water partition coefficient (Wildman–Crippen LogP) is 2.31. The lowest BCUT2D eigenvalue weighted by Crippen LogP contribution is -2.24.